The summed E-state index contributed by atoms with van der Waals surface area (Å²) in [5.74, 6) is 1.48. The summed E-state index contributed by atoms with van der Waals surface area (Å²) in [5, 5.41) is 0. The highest BCUT2D eigenvalue weighted by Gasteiger charge is 2.41. The number of rotatable bonds is 10. The fourth-order valence-electron chi connectivity index (χ4n) is 4.00. The maximum Gasteiger partial charge on any atom is 0.277 e. The smallest absolute Gasteiger partial charge is 0.277 e. The molecular formula is C25H36N2O4. The predicted molar refractivity (Wildman–Crippen MR) is 121 cm³/mol. The number of ether oxygens (including phenoxy) is 2. The zero-order valence-corrected chi connectivity index (χ0v) is 19.4. The minimum absolute atomic E-state index is 0.175. The van der Waals surface area contributed by atoms with Crippen molar-refractivity contribution >= 4 is 17.4 Å². The van der Waals surface area contributed by atoms with Gasteiger partial charge in [-0.05, 0) is 55.7 Å². The Labute approximate surface area is 186 Å². The molecule has 0 saturated carbocycles. The second-order valence-corrected chi connectivity index (χ2v) is 8.93. The van der Waals surface area contributed by atoms with Gasteiger partial charge in [-0.2, -0.15) is 0 Å². The highest BCUT2D eigenvalue weighted by Crippen LogP contribution is 2.34. The first-order chi connectivity index (χ1) is 14.9. The number of carbonyl (C=O) groups excluding carboxylic acids is 2. The van der Waals surface area contributed by atoms with Crippen molar-refractivity contribution in [2.24, 2.45) is 11.8 Å². The molecule has 2 amide bonds. The molecule has 2 heterocycles. The van der Waals surface area contributed by atoms with Gasteiger partial charge < -0.3 is 14.4 Å². The van der Waals surface area contributed by atoms with Crippen LogP contribution in [0, 0.1) is 11.8 Å². The van der Waals surface area contributed by atoms with Gasteiger partial charge in [-0.1, -0.05) is 32.9 Å². The first-order valence-corrected chi connectivity index (χ1v) is 11.6. The normalized spacial score (nSPS) is 18.0. The van der Waals surface area contributed by atoms with Gasteiger partial charge in [0.25, 0.3) is 11.8 Å². The van der Waals surface area contributed by atoms with E-state index in [1.54, 1.807) is 0 Å². The van der Waals surface area contributed by atoms with Crippen LogP contribution >= 0.6 is 0 Å². The molecular weight excluding hydrogens is 392 g/mol. The number of benzene rings is 1. The summed E-state index contributed by atoms with van der Waals surface area (Å²) in [6, 6.07) is 7.56. The summed E-state index contributed by atoms with van der Waals surface area (Å²) in [6.07, 6.45) is 2.71. The Hall–Kier alpha value is -2.34. The molecule has 1 aromatic rings. The molecule has 1 saturated heterocycles. The molecule has 31 heavy (non-hydrogen) atoms. The number of piperidine rings is 1. The average molecular weight is 429 g/mol. The number of carbonyl (C=O) groups is 2. The topological polar surface area (TPSA) is 59.1 Å². The minimum atomic E-state index is -0.203. The van der Waals surface area contributed by atoms with Crippen LogP contribution < -0.4 is 4.74 Å². The Morgan fingerprint density at radius 3 is 2.35 bits per heavy atom. The summed E-state index contributed by atoms with van der Waals surface area (Å²) in [5.41, 5.74) is 1.85. The molecule has 0 bridgehead atoms. The monoisotopic (exact) mass is 428 g/mol. The maximum atomic E-state index is 13.3. The standard InChI is InChI=1S/C25H36N2O4/c1-5-30-16-6-13-27-24(28)22(20-7-9-21(10-8-20)31-17-18(2)3)23(25(27)29)26-14-11-19(4)12-15-26/h7-10,18-19H,5-6,11-17H2,1-4H3. The molecule has 6 heteroatoms. The van der Waals surface area contributed by atoms with Crippen molar-refractivity contribution in [3.05, 3.63) is 35.5 Å². The SMILES string of the molecule is CCOCCCN1C(=O)C(c2ccc(OCC(C)C)cc2)=C(N2CCC(C)CC2)C1=O. The van der Waals surface area contributed by atoms with Gasteiger partial charge >= 0.3 is 0 Å². The van der Waals surface area contributed by atoms with E-state index in [-0.39, 0.29) is 11.8 Å². The van der Waals surface area contributed by atoms with Gasteiger partial charge in [-0.15, -0.1) is 0 Å². The number of hydrogen-bond acceptors (Lipinski definition) is 5. The Balaban J connectivity index is 1.85. The quantitative estimate of drug-likeness (QED) is 0.417. The second-order valence-electron chi connectivity index (χ2n) is 8.93. The molecule has 0 aromatic heterocycles. The summed E-state index contributed by atoms with van der Waals surface area (Å²) < 4.78 is 11.2. The van der Waals surface area contributed by atoms with E-state index in [4.69, 9.17) is 9.47 Å². The molecule has 2 aliphatic heterocycles. The van der Waals surface area contributed by atoms with Crippen LogP contribution in [0.1, 0.15) is 52.5 Å². The van der Waals surface area contributed by atoms with Gasteiger partial charge in [0, 0.05) is 32.8 Å². The van der Waals surface area contributed by atoms with Crippen LogP contribution in [0.25, 0.3) is 5.57 Å². The number of hydrogen-bond donors (Lipinski definition) is 0. The van der Waals surface area contributed by atoms with Crippen molar-refractivity contribution < 1.29 is 19.1 Å². The van der Waals surface area contributed by atoms with Crippen LogP contribution in [-0.2, 0) is 14.3 Å². The van der Waals surface area contributed by atoms with E-state index in [0.29, 0.717) is 55.9 Å². The van der Waals surface area contributed by atoms with Gasteiger partial charge in [0.1, 0.15) is 11.4 Å². The van der Waals surface area contributed by atoms with E-state index in [2.05, 4.69) is 25.7 Å². The molecule has 6 nitrogen and oxygen atoms in total. The minimum Gasteiger partial charge on any atom is -0.493 e. The highest BCUT2D eigenvalue weighted by atomic mass is 16.5. The Morgan fingerprint density at radius 1 is 1.06 bits per heavy atom. The van der Waals surface area contributed by atoms with E-state index in [1.165, 1.54) is 4.90 Å². The summed E-state index contributed by atoms with van der Waals surface area (Å²) >= 11 is 0. The molecule has 0 radical (unpaired) electrons. The van der Waals surface area contributed by atoms with Crippen molar-refractivity contribution in [3.8, 4) is 5.75 Å². The number of nitrogens with zero attached hydrogens (tertiary/aromatic N) is 2. The molecule has 0 spiro atoms. The molecule has 2 aliphatic rings. The predicted octanol–water partition coefficient (Wildman–Crippen LogP) is 3.96. The highest BCUT2D eigenvalue weighted by molar-refractivity contribution is 6.35. The van der Waals surface area contributed by atoms with Crippen LogP contribution in [0.15, 0.2) is 30.0 Å². The molecule has 3 rings (SSSR count). The van der Waals surface area contributed by atoms with Crippen molar-refractivity contribution in [3.63, 3.8) is 0 Å². The first kappa shape index (κ1) is 23.3. The summed E-state index contributed by atoms with van der Waals surface area (Å²) in [7, 11) is 0. The second kappa shape index (κ2) is 10.8. The molecule has 1 fully saturated rings. The third kappa shape index (κ3) is 5.67. The lowest BCUT2D eigenvalue weighted by molar-refractivity contribution is -0.137. The Kier molecular flexibility index (Phi) is 8.13. The van der Waals surface area contributed by atoms with Gasteiger partial charge in [0.05, 0.1) is 12.2 Å². The van der Waals surface area contributed by atoms with E-state index in [1.807, 2.05) is 31.2 Å². The zero-order chi connectivity index (χ0) is 22.4. The van der Waals surface area contributed by atoms with Crippen molar-refractivity contribution in [1.82, 2.24) is 9.80 Å². The van der Waals surface area contributed by atoms with E-state index in [9.17, 15) is 9.59 Å². The van der Waals surface area contributed by atoms with Crippen molar-refractivity contribution in [1.29, 1.82) is 0 Å². The zero-order valence-electron chi connectivity index (χ0n) is 19.4. The van der Waals surface area contributed by atoms with Gasteiger partial charge in [0.2, 0.25) is 0 Å². The molecule has 0 atom stereocenters. The van der Waals surface area contributed by atoms with Gasteiger partial charge in [-0.25, -0.2) is 0 Å². The molecule has 0 aliphatic carbocycles. The summed E-state index contributed by atoms with van der Waals surface area (Å²) in [4.78, 5) is 30.2. The molecule has 0 N–H and O–H groups in total. The lowest BCUT2D eigenvalue weighted by Gasteiger charge is -2.32. The van der Waals surface area contributed by atoms with E-state index >= 15 is 0 Å². The van der Waals surface area contributed by atoms with Crippen LogP contribution in [0.5, 0.6) is 5.75 Å². The third-order valence-electron chi connectivity index (χ3n) is 5.84. The number of amides is 2. The van der Waals surface area contributed by atoms with Gasteiger partial charge in [-0.3, -0.25) is 14.5 Å². The van der Waals surface area contributed by atoms with Crippen LogP contribution in [0.4, 0.5) is 0 Å². The molecule has 1 aromatic carbocycles. The third-order valence-corrected chi connectivity index (χ3v) is 5.84. The van der Waals surface area contributed by atoms with Crippen molar-refractivity contribution in [2.75, 3.05) is 39.5 Å². The summed E-state index contributed by atoms with van der Waals surface area (Å²) in [6.45, 7) is 12.2. The van der Waals surface area contributed by atoms with Crippen LogP contribution in [0.3, 0.4) is 0 Å². The van der Waals surface area contributed by atoms with Crippen LogP contribution in [0.2, 0.25) is 0 Å². The fourth-order valence-corrected chi connectivity index (χ4v) is 4.00. The molecule has 0 unspecified atom stereocenters. The Bertz CT molecular complexity index is 792. The maximum absolute atomic E-state index is 13.3. The first-order valence-electron chi connectivity index (χ1n) is 11.6. The largest absolute Gasteiger partial charge is 0.493 e. The molecule has 170 valence electrons. The lowest BCUT2D eigenvalue weighted by atomic mass is 9.97. The van der Waals surface area contributed by atoms with Gasteiger partial charge in [0.15, 0.2) is 0 Å². The average Bonchev–Trinajstić information content (AvgIpc) is 3.00. The Morgan fingerprint density at radius 2 is 1.74 bits per heavy atom. The number of imide groups is 1. The van der Waals surface area contributed by atoms with E-state index < -0.39 is 0 Å². The fraction of sp³-hybridized carbons (Fsp3) is 0.600. The van der Waals surface area contributed by atoms with Crippen LogP contribution in [-0.4, -0.2) is 61.1 Å². The number of likely N-dealkylation sites (tertiary alicyclic amines) is 1. The van der Waals surface area contributed by atoms with Crippen molar-refractivity contribution in [2.45, 2.75) is 47.0 Å². The lowest BCUT2D eigenvalue weighted by Crippen LogP contribution is -2.39. The van der Waals surface area contributed by atoms with E-state index in [0.717, 1.165) is 37.2 Å².